The van der Waals surface area contributed by atoms with Crippen LogP contribution >= 0.6 is 7.82 Å². The first kappa shape index (κ1) is 25.8. The average Bonchev–Trinajstić information content (AvgIpc) is 2.80. The number of rotatable bonds is 4. The zero-order valence-electron chi connectivity index (χ0n) is 17.9. The molecule has 0 atom stereocenters. The second-order valence-corrected chi connectivity index (χ2v) is 8.03. The van der Waals surface area contributed by atoms with Crippen LogP contribution in [0.3, 0.4) is 0 Å². The van der Waals surface area contributed by atoms with E-state index in [0.29, 0.717) is 11.5 Å². The van der Waals surface area contributed by atoms with Gasteiger partial charge in [0.2, 0.25) is 0 Å². The zero-order valence-corrected chi connectivity index (χ0v) is 18.8. The molecule has 7 heteroatoms. The Hall–Kier alpha value is -3.41. The highest BCUT2D eigenvalue weighted by atomic mass is 31.2. The highest BCUT2D eigenvalue weighted by Crippen LogP contribution is 2.26. The first-order valence-electron chi connectivity index (χ1n) is 10.2. The lowest BCUT2D eigenvalue weighted by Gasteiger charge is -2.05. The predicted octanol–water partition coefficient (Wildman–Crippen LogP) is 5.31. The van der Waals surface area contributed by atoms with Crippen molar-refractivity contribution in [3.63, 3.8) is 0 Å². The molecule has 0 aromatic heterocycles. The van der Waals surface area contributed by atoms with Crippen molar-refractivity contribution in [3.8, 4) is 22.6 Å². The van der Waals surface area contributed by atoms with Crippen molar-refractivity contribution in [3.05, 3.63) is 120 Å². The summed E-state index contributed by atoms with van der Waals surface area (Å²) in [6.45, 7) is 0. The third-order valence-corrected chi connectivity index (χ3v) is 4.53. The lowest BCUT2D eigenvalue weighted by atomic mass is 10.0. The smallest absolute Gasteiger partial charge is 0.466 e. The molecule has 6 nitrogen and oxygen atoms in total. The number of hydrogen-bond acceptors (Lipinski definition) is 3. The fraction of sp³-hybridized carbons (Fsp3) is 0.0769. The van der Waals surface area contributed by atoms with E-state index in [0.717, 1.165) is 24.0 Å². The summed E-state index contributed by atoms with van der Waals surface area (Å²) in [6, 6.07) is 35.4. The topological polar surface area (TPSA) is 118 Å². The molecule has 0 aliphatic rings. The molecule has 33 heavy (non-hydrogen) atoms. The molecule has 4 rings (SSSR count). The summed E-state index contributed by atoms with van der Waals surface area (Å²) in [5.41, 5.74) is 4.37. The van der Waals surface area contributed by atoms with E-state index in [1.807, 2.05) is 36.4 Å². The van der Waals surface area contributed by atoms with Gasteiger partial charge in [-0.05, 0) is 47.2 Å². The second kappa shape index (κ2) is 13.2. The van der Waals surface area contributed by atoms with E-state index in [4.69, 9.17) is 19.2 Å². The Morgan fingerprint density at radius 3 is 1.06 bits per heavy atom. The van der Waals surface area contributed by atoms with Crippen molar-refractivity contribution in [1.29, 1.82) is 0 Å². The molecule has 4 aromatic rings. The Bertz CT molecular complexity index is 1050. The van der Waals surface area contributed by atoms with Crippen LogP contribution in [0.2, 0.25) is 0 Å². The summed E-state index contributed by atoms with van der Waals surface area (Å²) in [5.74, 6) is 0.635. The van der Waals surface area contributed by atoms with Gasteiger partial charge in [-0.1, -0.05) is 97.1 Å². The van der Waals surface area contributed by atoms with Gasteiger partial charge in [0.1, 0.15) is 11.5 Å². The van der Waals surface area contributed by atoms with Gasteiger partial charge in [0.15, 0.2) is 0 Å². The maximum Gasteiger partial charge on any atom is 0.466 e. The van der Waals surface area contributed by atoms with Crippen molar-refractivity contribution in [2.75, 3.05) is 0 Å². The highest BCUT2D eigenvalue weighted by molar-refractivity contribution is 7.45. The normalized spacial score (nSPS) is 10.3. The van der Waals surface area contributed by atoms with Gasteiger partial charge in [0, 0.05) is 0 Å². The molecule has 0 unspecified atom stereocenters. The maximum absolute atomic E-state index is 9.60. The van der Waals surface area contributed by atoms with Crippen molar-refractivity contribution < 1.29 is 29.5 Å². The van der Waals surface area contributed by atoms with Gasteiger partial charge < -0.3 is 24.9 Å². The van der Waals surface area contributed by atoms with Gasteiger partial charge in [-0.2, -0.15) is 0 Å². The van der Waals surface area contributed by atoms with Crippen molar-refractivity contribution in [2.24, 2.45) is 0 Å². The molecule has 0 aliphatic carbocycles. The number of phenolic OH excluding ortho intramolecular Hbond substituents is 2. The van der Waals surface area contributed by atoms with E-state index in [1.165, 1.54) is 11.1 Å². The van der Waals surface area contributed by atoms with Gasteiger partial charge in [0.25, 0.3) is 0 Å². The molecule has 0 radical (unpaired) electrons. The number of phosphoric acid groups is 1. The minimum absolute atomic E-state index is 0.318. The summed E-state index contributed by atoms with van der Waals surface area (Å²) >= 11 is 0. The van der Waals surface area contributed by atoms with Crippen LogP contribution < -0.4 is 0 Å². The zero-order chi connectivity index (χ0) is 24.1. The summed E-state index contributed by atoms with van der Waals surface area (Å²) in [4.78, 5) is 21.6. The standard InChI is InChI=1S/C14H14O2.C12H10.H3O4P/c15-13-7-3-1-5-11(13)9-10-12-6-2-4-8-14(12)16;1-3-7-11(8-4-1)12-9-5-2-6-10-12;1-5(2,3)4/h1-8,15-16H,9-10H2;1-10H;(H3,1,2,3,4). The molecule has 5 N–H and O–H groups in total. The van der Waals surface area contributed by atoms with Crippen LogP contribution in [0.5, 0.6) is 11.5 Å². The van der Waals surface area contributed by atoms with Crippen LogP contribution in [-0.4, -0.2) is 24.9 Å². The number of hydrogen-bond donors (Lipinski definition) is 5. The molecule has 172 valence electrons. The molecule has 0 heterocycles. The van der Waals surface area contributed by atoms with Crippen LogP contribution in [0.15, 0.2) is 109 Å². The minimum atomic E-state index is -4.64. The molecular weight excluding hydrogens is 439 g/mol. The molecule has 0 saturated carbocycles. The van der Waals surface area contributed by atoms with Gasteiger partial charge in [0.05, 0.1) is 0 Å². The average molecular weight is 466 g/mol. The summed E-state index contributed by atoms with van der Waals surface area (Å²) in [7, 11) is -4.64. The van der Waals surface area contributed by atoms with E-state index < -0.39 is 7.82 Å². The van der Waals surface area contributed by atoms with E-state index in [2.05, 4.69) is 48.5 Å². The number of para-hydroxylation sites is 2. The van der Waals surface area contributed by atoms with Crippen LogP contribution in [0.25, 0.3) is 11.1 Å². The number of phenols is 2. The quantitative estimate of drug-likeness (QED) is 0.260. The van der Waals surface area contributed by atoms with Crippen molar-refractivity contribution in [1.82, 2.24) is 0 Å². The SMILES string of the molecule is O=P(O)(O)O.Oc1ccccc1CCc1ccccc1O.c1ccc(-c2ccccc2)cc1. The summed E-state index contributed by atoms with van der Waals surface area (Å²) in [6.07, 6.45) is 1.45. The van der Waals surface area contributed by atoms with Gasteiger partial charge in [-0.15, -0.1) is 0 Å². The van der Waals surface area contributed by atoms with Crippen LogP contribution in [-0.2, 0) is 17.4 Å². The predicted molar refractivity (Wildman–Crippen MR) is 130 cm³/mol. The molecular formula is C26H27O6P. The highest BCUT2D eigenvalue weighted by Gasteiger charge is 2.03. The fourth-order valence-electron chi connectivity index (χ4n) is 2.98. The summed E-state index contributed by atoms with van der Waals surface area (Å²) in [5, 5.41) is 19.2. The van der Waals surface area contributed by atoms with E-state index in [-0.39, 0.29) is 0 Å². The Kier molecular flexibility index (Phi) is 10.3. The lowest BCUT2D eigenvalue weighted by Crippen LogP contribution is -1.92. The Morgan fingerprint density at radius 2 is 0.758 bits per heavy atom. The fourth-order valence-corrected chi connectivity index (χ4v) is 2.98. The molecule has 0 fully saturated rings. The van der Waals surface area contributed by atoms with E-state index >= 15 is 0 Å². The van der Waals surface area contributed by atoms with Crippen LogP contribution in [0.4, 0.5) is 0 Å². The van der Waals surface area contributed by atoms with Gasteiger partial charge in [-0.3, -0.25) is 0 Å². The number of aromatic hydroxyl groups is 2. The van der Waals surface area contributed by atoms with E-state index in [1.54, 1.807) is 24.3 Å². The van der Waals surface area contributed by atoms with Crippen LogP contribution in [0.1, 0.15) is 11.1 Å². The maximum atomic E-state index is 9.60. The monoisotopic (exact) mass is 466 g/mol. The first-order valence-corrected chi connectivity index (χ1v) is 11.7. The minimum Gasteiger partial charge on any atom is -0.508 e. The second-order valence-electron chi connectivity index (χ2n) is 7.00. The van der Waals surface area contributed by atoms with Crippen molar-refractivity contribution in [2.45, 2.75) is 12.8 Å². The molecule has 4 aromatic carbocycles. The first-order chi connectivity index (χ1) is 15.7. The Morgan fingerprint density at radius 1 is 0.485 bits per heavy atom. The number of benzene rings is 4. The summed E-state index contributed by atoms with van der Waals surface area (Å²) < 4.78 is 8.88. The third-order valence-electron chi connectivity index (χ3n) is 4.53. The largest absolute Gasteiger partial charge is 0.508 e. The molecule has 0 amide bonds. The lowest BCUT2D eigenvalue weighted by molar-refractivity contribution is 0.275. The van der Waals surface area contributed by atoms with Crippen LogP contribution in [0, 0.1) is 0 Å². The molecule has 0 saturated heterocycles. The van der Waals surface area contributed by atoms with Crippen molar-refractivity contribution >= 4 is 7.82 Å². The van der Waals surface area contributed by atoms with Gasteiger partial charge >= 0.3 is 7.82 Å². The Labute approximate surface area is 193 Å². The number of aryl methyl sites for hydroxylation is 2. The Balaban J connectivity index is 0.000000200. The molecule has 0 bridgehead atoms. The molecule has 0 aliphatic heterocycles. The van der Waals surface area contributed by atoms with E-state index in [9.17, 15) is 10.2 Å². The van der Waals surface area contributed by atoms with Gasteiger partial charge in [-0.25, -0.2) is 4.57 Å². The third kappa shape index (κ3) is 10.6. The molecule has 0 spiro atoms.